The molecule has 0 aromatic carbocycles. The van der Waals surface area contributed by atoms with Crippen molar-refractivity contribution >= 4 is 11.9 Å². The molecule has 0 saturated heterocycles. The zero-order valence-corrected chi connectivity index (χ0v) is 10.3. The van der Waals surface area contributed by atoms with E-state index in [9.17, 15) is 9.59 Å². The van der Waals surface area contributed by atoms with Crippen LogP contribution in [-0.2, 0) is 11.3 Å². The van der Waals surface area contributed by atoms with Crippen molar-refractivity contribution in [2.45, 2.75) is 33.4 Å². The molecule has 0 fully saturated rings. The molecule has 17 heavy (non-hydrogen) atoms. The number of hydrogen-bond acceptors (Lipinski definition) is 2. The van der Waals surface area contributed by atoms with Gasteiger partial charge in [-0.15, -0.1) is 0 Å². The molecule has 2 N–H and O–H groups in total. The van der Waals surface area contributed by atoms with Crippen LogP contribution in [0.3, 0.4) is 0 Å². The average Bonchev–Trinajstić information content (AvgIpc) is 2.65. The molecule has 94 valence electrons. The standard InChI is InChI=1S/C12H18N2O3/c1-8(2)9(3)13-11(15)7-14-6-4-5-10(14)12(16)17/h4-6,8-9H,7H2,1-3H3,(H,13,15)(H,16,17). The van der Waals surface area contributed by atoms with Gasteiger partial charge in [0.1, 0.15) is 12.2 Å². The first-order chi connectivity index (χ1) is 7.91. The molecule has 5 heteroatoms. The van der Waals surface area contributed by atoms with Gasteiger partial charge in [0.05, 0.1) is 0 Å². The summed E-state index contributed by atoms with van der Waals surface area (Å²) in [4.78, 5) is 22.5. The second-order valence-electron chi connectivity index (χ2n) is 4.43. The van der Waals surface area contributed by atoms with Gasteiger partial charge in [0, 0.05) is 12.2 Å². The van der Waals surface area contributed by atoms with E-state index >= 15 is 0 Å². The molecule has 1 rings (SSSR count). The molecule has 0 radical (unpaired) electrons. The minimum atomic E-state index is -1.03. The number of nitrogens with zero attached hydrogens (tertiary/aromatic N) is 1. The molecule has 1 aromatic heterocycles. The lowest BCUT2D eigenvalue weighted by Gasteiger charge is -2.17. The summed E-state index contributed by atoms with van der Waals surface area (Å²) in [6, 6.07) is 3.16. The highest BCUT2D eigenvalue weighted by Gasteiger charge is 2.14. The molecule has 0 bridgehead atoms. The molecule has 0 spiro atoms. The molecule has 1 heterocycles. The molecular formula is C12H18N2O3. The third-order valence-electron chi connectivity index (χ3n) is 2.75. The van der Waals surface area contributed by atoms with Crippen LogP contribution in [0.15, 0.2) is 18.3 Å². The van der Waals surface area contributed by atoms with Gasteiger partial charge in [-0.2, -0.15) is 0 Å². The quantitative estimate of drug-likeness (QED) is 0.813. The Bertz CT molecular complexity index is 410. The van der Waals surface area contributed by atoms with Crippen LogP contribution in [0.2, 0.25) is 0 Å². The maximum atomic E-state index is 11.7. The van der Waals surface area contributed by atoms with Crippen LogP contribution in [-0.4, -0.2) is 27.6 Å². The summed E-state index contributed by atoms with van der Waals surface area (Å²) in [6.45, 7) is 5.99. The van der Waals surface area contributed by atoms with Gasteiger partial charge in [-0.3, -0.25) is 4.79 Å². The number of carboxylic acid groups (broad SMARTS) is 1. The molecule has 1 atom stereocenters. The molecule has 0 aliphatic heterocycles. The third kappa shape index (κ3) is 3.62. The average molecular weight is 238 g/mol. The number of carboxylic acids is 1. The van der Waals surface area contributed by atoms with Crippen LogP contribution in [0.1, 0.15) is 31.3 Å². The Hall–Kier alpha value is -1.78. The maximum absolute atomic E-state index is 11.7. The molecule has 5 nitrogen and oxygen atoms in total. The largest absolute Gasteiger partial charge is 0.477 e. The normalized spacial score (nSPS) is 12.5. The van der Waals surface area contributed by atoms with Gasteiger partial charge in [0.25, 0.3) is 0 Å². The van der Waals surface area contributed by atoms with E-state index < -0.39 is 5.97 Å². The lowest BCUT2D eigenvalue weighted by atomic mass is 10.1. The highest BCUT2D eigenvalue weighted by molar-refractivity contribution is 5.86. The van der Waals surface area contributed by atoms with Crippen molar-refractivity contribution in [3.05, 3.63) is 24.0 Å². The molecule has 1 aromatic rings. The van der Waals surface area contributed by atoms with E-state index in [2.05, 4.69) is 5.32 Å². The van der Waals surface area contributed by atoms with Crippen LogP contribution in [0, 0.1) is 5.92 Å². The van der Waals surface area contributed by atoms with Gasteiger partial charge >= 0.3 is 5.97 Å². The summed E-state index contributed by atoms with van der Waals surface area (Å²) in [5.41, 5.74) is 0.123. The molecule has 0 aliphatic carbocycles. The van der Waals surface area contributed by atoms with Gasteiger partial charge in [-0.25, -0.2) is 4.79 Å². The minimum absolute atomic E-state index is 0.0334. The lowest BCUT2D eigenvalue weighted by Crippen LogP contribution is -2.38. The number of carbonyl (C=O) groups excluding carboxylic acids is 1. The molecule has 0 aliphatic rings. The number of aromatic nitrogens is 1. The van der Waals surface area contributed by atoms with Crippen molar-refractivity contribution in [3.8, 4) is 0 Å². The summed E-state index contributed by atoms with van der Waals surface area (Å²) >= 11 is 0. The summed E-state index contributed by atoms with van der Waals surface area (Å²) in [7, 11) is 0. The zero-order valence-electron chi connectivity index (χ0n) is 10.3. The molecular weight excluding hydrogens is 220 g/mol. The predicted molar refractivity (Wildman–Crippen MR) is 63.8 cm³/mol. The van der Waals surface area contributed by atoms with E-state index in [1.165, 1.54) is 10.6 Å². The number of aromatic carboxylic acids is 1. The third-order valence-corrected chi connectivity index (χ3v) is 2.75. The molecule has 1 unspecified atom stereocenters. The topological polar surface area (TPSA) is 71.3 Å². The Labute approximate surface area is 100 Å². The van der Waals surface area contributed by atoms with Gasteiger partial charge < -0.3 is 15.0 Å². The van der Waals surface area contributed by atoms with Gasteiger partial charge in [-0.05, 0) is 25.0 Å². The fourth-order valence-corrected chi connectivity index (χ4v) is 1.37. The number of amides is 1. The zero-order chi connectivity index (χ0) is 13.0. The fourth-order valence-electron chi connectivity index (χ4n) is 1.37. The Morgan fingerprint density at radius 1 is 1.41 bits per heavy atom. The van der Waals surface area contributed by atoms with Gasteiger partial charge in [-0.1, -0.05) is 13.8 Å². The van der Waals surface area contributed by atoms with Crippen molar-refractivity contribution in [3.63, 3.8) is 0 Å². The first-order valence-electron chi connectivity index (χ1n) is 5.59. The first kappa shape index (κ1) is 13.3. The van der Waals surface area contributed by atoms with E-state index in [0.29, 0.717) is 5.92 Å². The van der Waals surface area contributed by atoms with Crippen molar-refractivity contribution in [2.75, 3.05) is 0 Å². The van der Waals surface area contributed by atoms with Crippen LogP contribution >= 0.6 is 0 Å². The number of hydrogen-bond donors (Lipinski definition) is 2. The Morgan fingerprint density at radius 3 is 2.59 bits per heavy atom. The second kappa shape index (κ2) is 5.52. The fraction of sp³-hybridized carbons (Fsp3) is 0.500. The minimum Gasteiger partial charge on any atom is -0.477 e. The van der Waals surface area contributed by atoms with E-state index in [4.69, 9.17) is 5.11 Å². The summed E-state index contributed by atoms with van der Waals surface area (Å²) in [6.07, 6.45) is 1.59. The summed E-state index contributed by atoms with van der Waals surface area (Å²) in [5, 5.41) is 11.7. The maximum Gasteiger partial charge on any atom is 0.352 e. The van der Waals surface area contributed by atoms with E-state index in [0.717, 1.165) is 0 Å². The number of rotatable bonds is 5. The van der Waals surface area contributed by atoms with Crippen LogP contribution < -0.4 is 5.32 Å². The molecule has 1 amide bonds. The van der Waals surface area contributed by atoms with E-state index in [1.807, 2.05) is 20.8 Å². The highest BCUT2D eigenvalue weighted by atomic mass is 16.4. The van der Waals surface area contributed by atoms with Crippen LogP contribution in [0.25, 0.3) is 0 Å². The van der Waals surface area contributed by atoms with Crippen molar-refractivity contribution < 1.29 is 14.7 Å². The van der Waals surface area contributed by atoms with E-state index in [-0.39, 0.29) is 24.2 Å². The van der Waals surface area contributed by atoms with Crippen molar-refractivity contribution in [2.24, 2.45) is 5.92 Å². The number of nitrogens with one attached hydrogen (secondary N) is 1. The Balaban J connectivity index is 2.62. The predicted octanol–water partition coefficient (Wildman–Crippen LogP) is 1.35. The van der Waals surface area contributed by atoms with Crippen LogP contribution in [0.4, 0.5) is 0 Å². The van der Waals surface area contributed by atoms with Gasteiger partial charge in [0.15, 0.2) is 0 Å². The monoisotopic (exact) mass is 238 g/mol. The second-order valence-corrected chi connectivity index (χ2v) is 4.43. The molecule has 0 saturated carbocycles. The van der Waals surface area contributed by atoms with Gasteiger partial charge in [0.2, 0.25) is 5.91 Å². The summed E-state index contributed by atoms with van der Waals surface area (Å²) < 4.78 is 1.42. The number of carbonyl (C=O) groups is 2. The highest BCUT2D eigenvalue weighted by Crippen LogP contribution is 2.03. The van der Waals surface area contributed by atoms with E-state index in [1.54, 1.807) is 12.3 Å². The lowest BCUT2D eigenvalue weighted by molar-refractivity contribution is -0.122. The van der Waals surface area contributed by atoms with Crippen molar-refractivity contribution in [1.82, 2.24) is 9.88 Å². The Kier molecular flexibility index (Phi) is 4.31. The SMILES string of the molecule is CC(C)C(C)NC(=O)Cn1cccc1C(=O)O. The summed E-state index contributed by atoms with van der Waals surface area (Å²) in [5.74, 6) is -0.854. The smallest absolute Gasteiger partial charge is 0.352 e. The van der Waals surface area contributed by atoms with Crippen molar-refractivity contribution in [1.29, 1.82) is 0 Å². The Morgan fingerprint density at radius 2 is 2.06 bits per heavy atom. The first-order valence-corrected chi connectivity index (χ1v) is 5.59. The van der Waals surface area contributed by atoms with Crippen LogP contribution in [0.5, 0.6) is 0 Å².